The zero-order valence-corrected chi connectivity index (χ0v) is 22.6. The predicted molar refractivity (Wildman–Crippen MR) is 145 cm³/mol. The van der Waals surface area contributed by atoms with Crippen molar-refractivity contribution in [2.45, 2.75) is 39.0 Å². The lowest BCUT2D eigenvalue weighted by Gasteiger charge is -2.22. The first-order valence-electron chi connectivity index (χ1n) is 12.8. The van der Waals surface area contributed by atoms with E-state index in [-0.39, 0.29) is 35.5 Å². The molecule has 0 spiro atoms. The van der Waals surface area contributed by atoms with Crippen molar-refractivity contribution in [1.29, 1.82) is 0 Å². The largest absolute Gasteiger partial charge is 0.493 e. The highest BCUT2D eigenvalue weighted by Crippen LogP contribution is 2.34. The van der Waals surface area contributed by atoms with Crippen LogP contribution in [-0.4, -0.2) is 53.3 Å². The number of amides is 1. The zero-order chi connectivity index (χ0) is 27.8. The number of aromatic nitrogens is 5. The average Bonchev–Trinajstić information content (AvgIpc) is 3.57. The van der Waals surface area contributed by atoms with E-state index >= 15 is 0 Å². The number of likely N-dealkylation sites (tertiary alicyclic amines) is 1. The van der Waals surface area contributed by atoms with Gasteiger partial charge in [0, 0.05) is 38.4 Å². The lowest BCUT2D eigenvalue weighted by molar-refractivity contribution is 0.0784. The third kappa shape index (κ3) is 4.80. The van der Waals surface area contributed by atoms with Crippen molar-refractivity contribution < 1.29 is 14.3 Å². The fraction of sp³-hybridized carbons (Fsp3) is 0.321. The van der Waals surface area contributed by atoms with Gasteiger partial charge >= 0.3 is 0 Å². The number of rotatable bonds is 6. The van der Waals surface area contributed by atoms with E-state index < -0.39 is 28.7 Å². The second kappa shape index (κ2) is 10.6. The molecule has 39 heavy (non-hydrogen) atoms. The van der Waals surface area contributed by atoms with E-state index in [0.29, 0.717) is 30.6 Å². The molecule has 1 atom stereocenters. The molecule has 4 heterocycles. The van der Waals surface area contributed by atoms with Crippen LogP contribution < -0.4 is 5.56 Å². The molecule has 1 aliphatic heterocycles. The number of aryl methyl sites for hydroxylation is 3. The summed E-state index contributed by atoms with van der Waals surface area (Å²) in [6.45, 7) is 4.38. The SMILES string of the molecule is CCc1cccc(CC)c1-n1c(-c2ccn(C)n2)nc(=O)c(C(=O)N2CCC(c3ncc(Cl)cc3F)C2)c1O. The Morgan fingerprint density at radius 1 is 1.21 bits per heavy atom. The van der Waals surface area contributed by atoms with Gasteiger partial charge in [-0.3, -0.25) is 23.8 Å². The molecular formula is C28H28ClFN6O3. The summed E-state index contributed by atoms with van der Waals surface area (Å²) in [5.74, 6) is -1.96. The molecule has 9 nitrogen and oxygen atoms in total. The molecule has 1 fully saturated rings. The number of para-hydroxylation sites is 1. The summed E-state index contributed by atoms with van der Waals surface area (Å²) in [5, 5.41) is 16.2. The first kappa shape index (κ1) is 26.6. The smallest absolute Gasteiger partial charge is 0.290 e. The highest BCUT2D eigenvalue weighted by atomic mass is 35.5. The van der Waals surface area contributed by atoms with E-state index in [2.05, 4.69) is 15.1 Å². The van der Waals surface area contributed by atoms with Crippen molar-refractivity contribution >= 4 is 17.5 Å². The van der Waals surface area contributed by atoms with Crippen LogP contribution >= 0.6 is 11.6 Å². The van der Waals surface area contributed by atoms with Crippen molar-refractivity contribution in [3.8, 4) is 23.1 Å². The fourth-order valence-electron chi connectivity index (χ4n) is 5.17. The molecule has 1 unspecified atom stereocenters. The number of carbonyl (C=O) groups excluding carboxylic acids is 1. The number of carbonyl (C=O) groups is 1. The van der Waals surface area contributed by atoms with Crippen molar-refractivity contribution in [2.24, 2.45) is 7.05 Å². The average molecular weight is 551 g/mol. The Labute approximate surface area is 229 Å². The van der Waals surface area contributed by atoms with Crippen LogP contribution in [0.5, 0.6) is 5.88 Å². The van der Waals surface area contributed by atoms with Gasteiger partial charge in [-0.1, -0.05) is 43.6 Å². The van der Waals surface area contributed by atoms with Crippen LogP contribution in [0.25, 0.3) is 17.2 Å². The highest BCUT2D eigenvalue weighted by molar-refractivity contribution is 6.30. The van der Waals surface area contributed by atoms with Gasteiger partial charge in [0.2, 0.25) is 5.88 Å². The molecule has 1 aliphatic rings. The van der Waals surface area contributed by atoms with Gasteiger partial charge in [-0.2, -0.15) is 10.1 Å². The van der Waals surface area contributed by atoms with Crippen LogP contribution in [0.4, 0.5) is 4.39 Å². The number of halogens is 2. The van der Waals surface area contributed by atoms with E-state index in [9.17, 15) is 19.1 Å². The van der Waals surface area contributed by atoms with Crippen molar-refractivity contribution in [2.75, 3.05) is 13.1 Å². The first-order chi connectivity index (χ1) is 18.7. The Hall–Kier alpha value is -4.05. The summed E-state index contributed by atoms with van der Waals surface area (Å²) in [6, 6.07) is 8.70. The van der Waals surface area contributed by atoms with E-state index in [1.54, 1.807) is 24.0 Å². The van der Waals surface area contributed by atoms with Crippen LogP contribution in [0, 0.1) is 5.82 Å². The Bertz CT molecular complexity index is 1610. The molecule has 0 saturated carbocycles. The molecule has 5 rings (SSSR count). The van der Waals surface area contributed by atoms with Gasteiger partial charge in [-0.15, -0.1) is 0 Å². The molecular weight excluding hydrogens is 523 g/mol. The van der Waals surface area contributed by atoms with Crippen molar-refractivity contribution in [3.05, 3.63) is 86.3 Å². The molecule has 1 saturated heterocycles. The Balaban J connectivity index is 1.63. The second-order valence-corrected chi connectivity index (χ2v) is 9.98. The standard InChI is InChI=1S/C28H28ClFN6O3/c1-4-16-7-6-8-17(5-2)24(16)36-25(21-10-11-34(3)33-21)32-26(37)22(28(36)39)27(38)35-12-9-18(15-35)23-20(30)13-19(29)14-31-23/h6-8,10-11,13-14,18,39H,4-5,9,12,15H2,1-3H3. The molecule has 1 aromatic carbocycles. The first-order valence-corrected chi connectivity index (χ1v) is 13.2. The molecule has 3 aromatic heterocycles. The fourth-order valence-corrected chi connectivity index (χ4v) is 5.31. The number of hydrogen-bond acceptors (Lipinski definition) is 6. The lowest BCUT2D eigenvalue weighted by atomic mass is 10.0. The lowest BCUT2D eigenvalue weighted by Crippen LogP contribution is -2.34. The minimum Gasteiger partial charge on any atom is -0.493 e. The summed E-state index contributed by atoms with van der Waals surface area (Å²) in [7, 11) is 1.74. The van der Waals surface area contributed by atoms with Crippen LogP contribution in [-0.2, 0) is 19.9 Å². The van der Waals surface area contributed by atoms with Gasteiger partial charge in [0.25, 0.3) is 11.5 Å². The molecule has 1 N–H and O–H groups in total. The van der Waals surface area contributed by atoms with Crippen LogP contribution in [0.15, 0.2) is 47.5 Å². The van der Waals surface area contributed by atoms with Crippen molar-refractivity contribution in [1.82, 2.24) is 29.2 Å². The molecule has 0 bridgehead atoms. The quantitative estimate of drug-likeness (QED) is 0.384. The minimum absolute atomic E-state index is 0.136. The number of benzene rings is 1. The maximum atomic E-state index is 14.5. The van der Waals surface area contributed by atoms with E-state index in [0.717, 1.165) is 11.1 Å². The van der Waals surface area contributed by atoms with E-state index in [4.69, 9.17) is 11.6 Å². The summed E-state index contributed by atoms with van der Waals surface area (Å²) in [4.78, 5) is 36.8. The molecule has 1 amide bonds. The number of hydrogen-bond donors (Lipinski definition) is 1. The van der Waals surface area contributed by atoms with Gasteiger partial charge < -0.3 is 10.0 Å². The van der Waals surface area contributed by atoms with E-state index in [1.807, 2.05) is 32.0 Å². The van der Waals surface area contributed by atoms with Crippen molar-refractivity contribution in [3.63, 3.8) is 0 Å². The maximum absolute atomic E-state index is 14.5. The summed E-state index contributed by atoms with van der Waals surface area (Å²) >= 11 is 5.84. The van der Waals surface area contributed by atoms with Gasteiger partial charge in [0.15, 0.2) is 11.4 Å². The Morgan fingerprint density at radius 2 is 1.92 bits per heavy atom. The van der Waals surface area contributed by atoms with Crippen LogP contribution in [0.1, 0.15) is 53.4 Å². The third-order valence-electron chi connectivity index (χ3n) is 7.11. The third-order valence-corrected chi connectivity index (χ3v) is 7.32. The summed E-state index contributed by atoms with van der Waals surface area (Å²) in [6.07, 6.45) is 4.82. The number of pyridine rings is 1. The number of nitrogens with zero attached hydrogens (tertiary/aromatic N) is 6. The zero-order valence-electron chi connectivity index (χ0n) is 21.9. The van der Waals surface area contributed by atoms with Crippen LogP contribution in [0.3, 0.4) is 0 Å². The second-order valence-electron chi connectivity index (χ2n) is 9.54. The topological polar surface area (TPSA) is 106 Å². The summed E-state index contributed by atoms with van der Waals surface area (Å²) < 4.78 is 17.5. The van der Waals surface area contributed by atoms with Gasteiger partial charge in [-0.05, 0) is 42.5 Å². The molecule has 0 aliphatic carbocycles. The highest BCUT2D eigenvalue weighted by Gasteiger charge is 2.35. The monoisotopic (exact) mass is 550 g/mol. The van der Waals surface area contributed by atoms with Gasteiger partial charge in [-0.25, -0.2) is 4.39 Å². The molecule has 4 aromatic rings. The molecule has 202 valence electrons. The number of aromatic hydroxyl groups is 1. The Kier molecular flexibility index (Phi) is 7.22. The maximum Gasteiger partial charge on any atom is 0.290 e. The van der Waals surface area contributed by atoms with E-state index in [1.165, 1.54) is 21.7 Å². The normalized spacial score (nSPS) is 15.2. The molecule has 11 heteroatoms. The Morgan fingerprint density at radius 3 is 2.54 bits per heavy atom. The van der Waals surface area contributed by atoms with Gasteiger partial charge in [0.1, 0.15) is 11.5 Å². The van der Waals surface area contributed by atoms with Crippen LogP contribution in [0.2, 0.25) is 5.02 Å². The minimum atomic E-state index is -0.860. The predicted octanol–water partition coefficient (Wildman–Crippen LogP) is 4.28. The van der Waals surface area contributed by atoms with Gasteiger partial charge in [0.05, 0.1) is 16.4 Å². The molecule has 0 radical (unpaired) electrons. The summed E-state index contributed by atoms with van der Waals surface area (Å²) in [5.41, 5.74) is 1.78.